The predicted molar refractivity (Wildman–Crippen MR) is 105 cm³/mol. The normalized spacial score (nSPS) is 14.0. The molecule has 0 aromatic heterocycles. The lowest BCUT2D eigenvalue weighted by atomic mass is 9.93. The van der Waals surface area contributed by atoms with E-state index < -0.39 is 17.7 Å². The Bertz CT molecular complexity index is 968. The summed E-state index contributed by atoms with van der Waals surface area (Å²) in [5.41, 5.74) is 2.25. The number of aryl methyl sites for hydroxylation is 1. The standard InChI is InChI=1S/C20H17F3N2O2S/c1-2-12-5-4-8-15-18(12)19(24-10-16(25-15)28-11-17(26)27)13-6-3-7-14(9-13)20(21,22)23/h3-9H,2,10-11H2,1H3,(H,26,27). The minimum Gasteiger partial charge on any atom is -0.481 e. The van der Waals surface area contributed by atoms with Gasteiger partial charge >= 0.3 is 12.1 Å². The fourth-order valence-corrected chi connectivity index (χ4v) is 3.55. The quantitative estimate of drug-likeness (QED) is 0.780. The number of carbonyl (C=O) groups is 1. The molecule has 1 aliphatic heterocycles. The fraction of sp³-hybridized carbons (Fsp3) is 0.250. The van der Waals surface area contributed by atoms with Gasteiger partial charge in [0.05, 0.1) is 34.3 Å². The lowest BCUT2D eigenvalue weighted by Crippen LogP contribution is -2.11. The number of aliphatic imine (C=N–C) groups is 2. The second-order valence-electron chi connectivity index (χ2n) is 6.10. The molecule has 0 atom stereocenters. The van der Waals surface area contributed by atoms with E-state index in [4.69, 9.17) is 5.11 Å². The van der Waals surface area contributed by atoms with Crippen molar-refractivity contribution in [3.63, 3.8) is 0 Å². The molecule has 4 nitrogen and oxygen atoms in total. The van der Waals surface area contributed by atoms with E-state index in [1.165, 1.54) is 6.07 Å². The van der Waals surface area contributed by atoms with Gasteiger partial charge in [-0.1, -0.05) is 43.0 Å². The molecule has 0 unspecified atom stereocenters. The molecule has 0 spiro atoms. The zero-order valence-electron chi connectivity index (χ0n) is 15.0. The first-order valence-electron chi connectivity index (χ1n) is 8.56. The lowest BCUT2D eigenvalue weighted by Gasteiger charge is -2.14. The highest BCUT2D eigenvalue weighted by Crippen LogP contribution is 2.33. The number of thioether (sulfide) groups is 1. The van der Waals surface area contributed by atoms with Gasteiger partial charge < -0.3 is 5.11 Å². The van der Waals surface area contributed by atoms with Crippen LogP contribution >= 0.6 is 11.8 Å². The highest BCUT2D eigenvalue weighted by atomic mass is 32.2. The second kappa shape index (κ2) is 8.18. The maximum absolute atomic E-state index is 13.2. The van der Waals surface area contributed by atoms with Crippen LogP contribution in [0.2, 0.25) is 0 Å². The largest absolute Gasteiger partial charge is 0.481 e. The Balaban J connectivity index is 2.12. The van der Waals surface area contributed by atoms with Crippen molar-refractivity contribution >= 4 is 34.2 Å². The van der Waals surface area contributed by atoms with Crippen molar-refractivity contribution in [1.29, 1.82) is 0 Å². The van der Waals surface area contributed by atoms with Crippen LogP contribution in [0.25, 0.3) is 0 Å². The molecule has 0 amide bonds. The van der Waals surface area contributed by atoms with E-state index in [1.807, 2.05) is 19.1 Å². The van der Waals surface area contributed by atoms with Crippen LogP contribution < -0.4 is 0 Å². The average molecular weight is 406 g/mol. The fourth-order valence-electron chi connectivity index (χ4n) is 2.94. The summed E-state index contributed by atoms with van der Waals surface area (Å²) in [4.78, 5) is 19.9. The van der Waals surface area contributed by atoms with Gasteiger partial charge in [0.1, 0.15) is 0 Å². The molecule has 2 aromatic rings. The van der Waals surface area contributed by atoms with Crippen molar-refractivity contribution in [3.05, 3.63) is 64.7 Å². The van der Waals surface area contributed by atoms with Crippen molar-refractivity contribution in [2.24, 2.45) is 9.98 Å². The van der Waals surface area contributed by atoms with Crippen molar-refractivity contribution in [3.8, 4) is 0 Å². The third-order valence-corrected chi connectivity index (χ3v) is 5.13. The second-order valence-corrected chi connectivity index (χ2v) is 7.14. The number of carboxylic acid groups (broad SMARTS) is 1. The monoisotopic (exact) mass is 406 g/mol. The molecule has 0 saturated carbocycles. The summed E-state index contributed by atoms with van der Waals surface area (Å²) in [7, 11) is 0. The molecule has 2 aromatic carbocycles. The molecule has 146 valence electrons. The zero-order valence-corrected chi connectivity index (χ0v) is 15.8. The summed E-state index contributed by atoms with van der Waals surface area (Å²) in [6.07, 6.45) is -3.79. The first-order chi connectivity index (χ1) is 13.3. The Morgan fingerprint density at radius 1 is 1.21 bits per heavy atom. The van der Waals surface area contributed by atoms with E-state index >= 15 is 0 Å². The van der Waals surface area contributed by atoms with Crippen molar-refractivity contribution in [2.45, 2.75) is 19.5 Å². The molecule has 0 fully saturated rings. The molecule has 8 heteroatoms. The van der Waals surface area contributed by atoms with Crippen LogP contribution in [-0.4, -0.2) is 34.1 Å². The molecule has 3 rings (SSSR count). The number of aliphatic carboxylic acids is 1. The molecule has 0 aliphatic carbocycles. The molecule has 0 radical (unpaired) electrons. The highest BCUT2D eigenvalue weighted by molar-refractivity contribution is 8.14. The van der Waals surface area contributed by atoms with Crippen LogP contribution in [0.1, 0.15) is 29.2 Å². The van der Waals surface area contributed by atoms with Gasteiger partial charge in [0.15, 0.2) is 0 Å². The Kier molecular flexibility index (Phi) is 5.88. The summed E-state index contributed by atoms with van der Waals surface area (Å²) in [6.45, 7) is 2.06. The average Bonchev–Trinajstić information content (AvgIpc) is 2.85. The van der Waals surface area contributed by atoms with Gasteiger partial charge in [0.2, 0.25) is 0 Å². The number of nitrogens with zero attached hydrogens (tertiary/aromatic N) is 2. The van der Waals surface area contributed by atoms with Gasteiger partial charge in [-0.25, -0.2) is 4.99 Å². The topological polar surface area (TPSA) is 62.0 Å². The molecular weight excluding hydrogens is 389 g/mol. The summed E-state index contributed by atoms with van der Waals surface area (Å²) >= 11 is 1.06. The number of benzene rings is 2. The Morgan fingerprint density at radius 2 is 1.96 bits per heavy atom. The minimum atomic E-state index is -4.45. The van der Waals surface area contributed by atoms with Crippen molar-refractivity contribution in [1.82, 2.24) is 0 Å². The predicted octanol–water partition coefficient (Wildman–Crippen LogP) is 4.97. The summed E-state index contributed by atoms with van der Waals surface area (Å²) in [6, 6.07) is 10.6. The van der Waals surface area contributed by atoms with Gasteiger partial charge in [0.25, 0.3) is 0 Å². The van der Waals surface area contributed by atoms with Crippen molar-refractivity contribution < 1.29 is 23.1 Å². The van der Waals surface area contributed by atoms with E-state index in [0.717, 1.165) is 29.5 Å². The van der Waals surface area contributed by atoms with Crippen LogP contribution in [0.4, 0.5) is 18.9 Å². The number of hydrogen-bond donors (Lipinski definition) is 1. The van der Waals surface area contributed by atoms with Gasteiger partial charge in [-0.3, -0.25) is 9.79 Å². The number of hydrogen-bond acceptors (Lipinski definition) is 4. The van der Waals surface area contributed by atoms with Gasteiger partial charge in [-0.15, -0.1) is 0 Å². The maximum Gasteiger partial charge on any atom is 0.416 e. The Hall–Kier alpha value is -2.61. The van der Waals surface area contributed by atoms with Crippen LogP contribution in [0.5, 0.6) is 0 Å². The molecule has 1 heterocycles. The number of carboxylic acids is 1. The molecule has 28 heavy (non-hydrogen) atoms. The number of rotatable bonds is 4. The molecule has 1 aliphatic rings. The smallest absolute Gasteiger partial charge is 0.416 e. The van der Waals surface area contributed by atoms with E-state index in [-0.39, 0.29) is 12.3 Å². The van der Waals surface area contributed by atoms with Crippen molar-refractivity contribution in [2.75, 3.05) is 12.3 Å². The summed E-state index contributed by atoms with van der Waals surface area (Å²) in [5, 5.41) is 9.42. The van der Waals surface area contributed by atoms with Crippen LogP contribution in [0, 0.1) is 0 Å². The van der Waals surface area contributed by atoms with E-state index in [0.29, 0.717) is 34.0 Å². The van der Waals surface area contributed by atoms with E-state index in [9.17, 15) is 18.0 Å². The molecule has 0 saturated heterocycles. The van der Waals surface area contributed by atoms with Gasteiger partial charge in [0, 0.05) is 11.1 Å². The molecule has 1 N–H and O–H groups in total. The lowest BCUT2D eigenvalue weighted by molar-refractivity contribution is -0.137. The Labute approximate surface area is 164 Å². The number of halogens is 3. The van der Waals surface area contributed by atoms with Crippen LogP contribution in [0.3, 0.4) is 0 Å². The third-order valence-electron chi connectivity index (χ3n) is 4.19. The molecule has 0 bridgehead atoms. The van der Waals surface area contributed by atoms with Gasteiger partial charge in [-0.05, 0) is 30.2 Å². The first-order valence-corrected chi connectivity index (χ1v) is 9.54. The maximum atomic E-state index is 13.2. The highest BCUT2D eigenvalue weighted by Gasteiger charge is 2.31. The van der Waals surface area contributed by atoms with Gasteiger partial charge in [-0.2, -0.15) is 13.2 Å². The summed E-state index contributed by atoms with van der Waals surface area (Å²) < 4.78 is 39.5. The third kappa shape index (κ3) is 4.44. The van der Waals surface area contributed by atoms with E-state index in [1.54, 1.807) is 12.1 Å². The Morgan fingerprint density at radius 3 is 2.64 bits per heavy atom. The van der Waals surface area contributed by atoms with Crippen LogP contribution in [0.15, 0.2) is 52.4 Å². The zero-order chi connectivity index (χ0) is 20.3. The number of fused-ring (bicyclic) bond motifs is 1. The number of alkyl halides is 3. The molecular formula is C20H17F3N2O2S. The SMILES string of the molecule is CCc1cccc2c1C(c1cccc(C(F)(F)F)c1)=NCC(SCC(=O)O)=N2. The van der Waals surface area contributed by atoms with Crippen LogP contribution in [-0.2, 0) is 17.4 Å². The van der Waals surface area contributed by atoms with E-state index in [2.05, 4.69) is 9.98 Å². The summed E-state index contributed by atoms with van der Waals surface area (Å²) in [5.74, 6) is -1.13. The minimum absolute atomic E-state index is 0.112. The first kappa shape index (κ1) is 20.1.